The zero-order chi connectivity index (χ0) is 14.6. The van der Waals surface area contributed by atoms with E-state index in [9.17, 15) is 9.59 Å². The summed E-state index contributed by atoms with van der Waals surface area (Å²) in [6, 6.07) is -0.191. The first-order valence-electron chi connectivity index (χ1n) is 7.44. The molecule has 1 fully saturated rings. The van der Waals surface area contributed by atoms with Gasteiger partial charge in [-0.25, -0.2) is 0 Å². The van der Waals surface area contributed by atoms with Crippen molar-refractivity contribution in [1.29, 1.82) is 0 Å². The van der Waals surface area contributed by atoms with Crippen molar-refractivity contribution in [3.63, 3.8) is 0 Å². The van der Waals surface area contributed by atoms with Gasteiger partial charge in [-0.05, 0) is 31.6 Å². The van der Waals surface area contributed by atoms with E-state index in [0.717, 1.165) is 19.3 Å². The zero-order valence-corrected chi connectivity index (χ0v) is 12.9. The third kappa shape index (κ3) is 4.51. The third-order valence-electron chi connectivity index (χ3n) is 3.91. The zero-order valence-electron chi connectivity index (χ0n) is 12.9. The summed E-state index contributed by atoms with van der Waals surface area (Å²) < 4.78 is 0. The van der Waals surface area contributed by atoms with E-state index in [-0.39, 0.29) is 30.4 Å². The molecule has 3 atom stereocenters. The first kappa shape index (κ1) is 16.0. The molecule has 1 aliphatic heterocycles. The van der Waals surface area contributed by atoms with E-state index in [4.69, 9.17) is 0 Å². The SMILES string of the molecule is CCC(C)CC(C)N1CC(=O)NC(CC(C)C)C1=O. The third-order valence-corrected chi connectivity index (χ3v) is 3.91. The van der Waals surface area contributed by atoms with E-state index in [1.807, 2.05) is 0 Å². The summed E-state index contributed by atoms with van der Waals surface area (Å²) in [5.41, 5.74) is 0. The summed E-state index contributed by atoms with van der Waals surface area (Å²) in [4.78, 5) is 26.0. The minimum absolute atomic E-state index is 0.0266. The van der Waals surface area contributed by atoms with Crippen molar-refractivity contribution in [2.75, 3.05) is 6.54 Å². The summed E-state index contributed by atoms with van der Waals surface area (Å²) >= 11 is 0. The van der Waals surface area contributed by atoms with Crippen molar-refractivity contribution < 1.29 is 9.59 Å². The van der Waals surface area contributed by atoms with Crippen LogP contribution >= 0.6 is 0 Å². The maximum Gasteiger partial charge on any atom is 0.245 e. The van der Waals surface area contributed by atoms with Gasteiger partial charge in [0.1, 0.15) is 6.04 Å². The lowest BCUT2D eigenvalue weighted by atomic mass is 9.96. The van der Waals surface area contributed by atoms with Gasteiger partial charge in [0.15, 0.2) is 0 Å². The van der Waals surface area contributed by atoms with E-state index in [0.29, 0.717) is 11.8 Å². The number of hydrogen-bond donors (Lipinski definition) is 1. The lowest BCUT2D eigenvalue weighted by Gasteiger charge is -2.37. The highest BCUT2D eigenvalue weighted by molar-refractivity contribution is 5.95. The average Bonchev–Trinajstić information content (AvgIpc) is 2.32. The number of hydrogen-bond acceptors (Lipinski definition) is 2. The molecule has 1 N–H and O–H groups in total. The topological polar surface area (TPSA) is 49.4 Å². The van der Waals surface area contributed by atoms with Crippen LogP contribution in [0.5, 0.6) is 0 Å². The number of amides is 2. The first-order chi connectivity index (χ1) is 8.85. The van der Waals surface area contributed by atoms with E-state index in [2.05, 4.69) is 39.9 Å². The van der Waals surface area contributed by atoms with Gasteiger partial charge in [0.2, 0.25) is 11.8 Å². The number of piperazine rings is 1. The highest BCUT2D eigenvalue weighted by Crippen LogP contribution is 2.19. The Morgan fingerprint density at radius 3 is 2.42 bits per heavy atom. The summed E-state index contributed by atoms with van der Waals surface area (Å²) in [6.45, 7) is 10.8. The van der Waals surface area contributed by atoms with E-state index in [1.165, 1.54) is 0 Å². The molecule has 0 aliphatic carbocycles. The van der Waals surface area contributed by atoms with Gasteiger partial charge in [0, 0.05) is 6.04 Å². The van der Waals surface area contributed by atoms with Crippen molar-refractivity contribution in [1.82, 2.24) is 10.2 Å². The Balaban J connectivity index is 2.70. The van der Waals surface area contributed by atoms with Gasteiger partial charge in [-0.1, -0.05) is 34.1 Å². The fourth-order valence-electron chi connectivity index (χ4n) is 2.61. The Kier molecular flexibility index (Phi) is 5.83. The largest absolute Gasteiger partial charge is 0.343 e. The molecule has 0 radical (unpaired) electrons. The lowest BCUT2D eigenvalue weighted by Crippen LogP contribution is -2.60. The Morgan fingerprint density at radius 1 is 1.26 bits per heavy atom. The second-order valence-electron chi connectivity index (χ2n) is 6.31. The molecule has 0 bridgehead atoms. The van der Waals surface area contributed by atoms with Crippen LogP contribution in [-0.4, -0.2) is 35.3 Å². The maximum absolute atomic E-state index is 12.4. The average molecular weight is 268 g/mol. The summed E-state index contributed by atoms with van der Waals surface area (Å²) in [5.74, 6) is 1.04. The summed E-state index contributed by atoms with van der Waals surface area (Å²) in [6.07, 6.45) is 2.79. The Morgan fingerprint density at radius 2 is 1.89 bits per heavy atom. The molecule has 1 rings (SSSR count). The number of carbonyl (C=O) groups excluding carboxylic acids is 2. The van der Waals surface area contributed by atoms with Gasteiger partial charge in [-0.2, -0.15) is 0 Å². The molecule has 0 aromatic carbocycles. The Bertz CT molecular complexity index is 328. The Labute approximate surface area is 116 Å². The number of carbonyl (C=O) groups is 2. The van der Waals surface area contributed by atoms with Gasteiger partial charge in [-0.15, -0.1) is 0 Å². The molecular weight excluding hydrogens is 240 g/mol. The van der Waals surface area contributed by atoms with Crippen LogP contribution in [0.25, 0.3) is 0 Å². The quantitative estimate of drug-likeness (QED) is 0.802. The monoisotopic (exact) mass is 268 g/mol. The molecular formula is C15H28N2O2. The molecule has 110 valence electrons. The van der Waals surface area contributed by atoms with Crippen molar-refractivity contribution in [3.8, 4) is 0 Å². The van der Waals surface area contributed by atoms with Gasteiger partial charge < -0.3 is 10.2 Å². The normalized spacial score (nSPS) is 23.5. The molecule has 1 aliphatic rings. The van der Waals surface area contributed by atoms with Crippen LogP contribution in [-0.2, 0) is 9.59 Å². The van der Waals surface area contributed by atoms with Crippen LogP contribution in [0.1, 0.15) is 53.9 Å². The summed E-state index contributed by atoms with van der Waals surface area (Å²) in [5, 5.41) is 2.82. The second kappa shape index (κ2) is 6.92. The van der Waals surface area contributed by atoms with Crippen LogP contribution in [0.4, 0.5) is 0 Å². The molecule has 0 spiro atoms. The molecule has 2 amide bonds. The van der Waals surface area contributed by atoms with Crippen LogP contribution in [0, 0.1) is 11.8 Å². The smallest absolute Gasteiger partial charge is 0.245 e. The van der Waals surface area contributed by atoms with Gasteiger partial charge >= 0.3 is 0 Å². The van der Waals surface area contributed by atoms with Crippen molar-refractivity contribution >= 4 is 11.8 Å². The predicted molar refractivity (Wildman–Crippen MR) is 76.6 cm³/mol. The van der Waals surface area contributed by atoms with Crippen LogP contribution in [0.3, 0.4) is 0 Å². The Hall–Kier alpha value is -1.06. The van der Waals surface area contributed by atoms with Crippen LogP contribution in [0.2, 0.25) is 0 Å². The predicted octanol–water partition coefficient (Wildman–Crippen LogP) is 2.18. The number of nitrogens with one attached hydrogen (secondary N) is 1. The second-order valence-corrected chi connectivity index (χ2v) is 6.31. The molecule has 1 saturated heterocycles. The first-order valence-corrected chi connectivity index (χ1v) is 7.44. The highest BCUT2D eigenvalue weighted by Gasteiger charge is 2.35. The molecule has 4 heteroatoms. The number of rotatable bonds is 6. The fourth-order valence-corrected chi connectivity index (χ4v) is 2.61. The van der Waals surface area contributed by atoms with Crippen molar-refractivity contribution in [2.45, 2.75) is 66.0 Å². The molecule has 0 aromatic rings. The van der Waals surface area contributed by atoms with Gasteiger partial charge in [-0.3, -0.25) is 9.59 Å². The molecule has 4 nitrogen and oxygen atoms in total. The highest BCUT2D eigenvalue weighted by atomic mass is 16.2. The summed E-state index contributed by atoms with van der Waals surface area (Å²) in [7, 11) is 0. The van der Waals surface area contributed by atoms with E-state index >= 15 is 0 Å². The molecule has 0 saturated carbocycles. The lowest BCUT2D eigenvalue weighted by molar-refractivity contribution is -0.147. The number of nitrogens with zero attached hydrogens (tertiary/aromatic N) is 1. The molecule has 19 heavy (non-hydrogen) atoms. The van der Waals surface area contributed by atoms with Gasteiger partial charge in [0.05, 0.1) is 6.54 Å². The van der Waals surface area contributed by atoms with Gasteiger partial charge in [0.25, 0.3) is 0 Å². The minimum atomic E-state index is -0.333. The van der Waals surface area contributed by atoms with E-state index < -0.39 is 0 Å². The van der Waals surface area contributed by atoms with Crippen LogP contribution < -0.4 is 5.32 Å². The van der Waals surface area contributed by atoms with Crippen LogP contribution in [0.15, 0.2) is 0 Å². The standard InChI is InChI=1S/C15H28N2O2/c1-6-11(4)8-12(5)17-9-14(18)16-13(15(17)19)7-10(2)3/h10-13H,6-9H2,1-5H3,(H,16,18). The molecule has 0 aromatic heterocycles. The van der Waals surface area contributed by atoms with Crippen molar-refractivity contribution in [2.24, 2.45) is 11.8 Å². The van der Waals surface area contributed by atoms with E-state index in [1.54, 1.807) is 4.90 Å². The molecule has 3 unspecified atom stereocenters. The van der Waals surface area contributed by atoms with Crippen molar-refractivity contribution in [3.05, 3.63) is 0 Å². The maximum atomic E-state index is 12.4. The minimum Gasteiger partial charge on any atom is -0.343 e. The fraction of sp³-hybridized carbons (Fsp3) is 0.867. The molecule has 1 heterocycles.